The third kappa shape index (κ3) is 5.00. The number of hydrogen-bond donors (Lipinski definition) is 0. The van der Waals surface area contributed by atoms with Gasteiger partial charge < -0.3 is 14.4 Å². The average molecular weight is 527 g/mol. The van der Waals surface area contributed by atoms with E-state index in [-0.39, 0.29) is 29.4 Å². The van der Waals surface area contributed by atoms with Crippen LogP contribution in [0.3, 0.4) is 0 Å². The number of likely N-dealkylation sites (N-methyl/N-ethyl adjacent to an activating group) is 1. The van der Waals surface area contributed by atoms with Gasteiger partial charge in [-0.05, 0) is 50.6 Å². The number of carbonyl (C=O) groups is 3. The van der Waals surface area contributed by atoms with Crippen LogP contribution in [0.1, 0.15) is 45.8 Å². The Labute approximate surface area is 221 Å². The third-order valence-corrected chi connectivity index (χ3v) is 7.63. The van der Waals surface area contributed by atoms with Crippen molar-refractivity contribution < 1.29 is 18.8 Å². The molecule has 1 fully saturated rings. The number of hydrogen-bond acceptors (Lipinski definition) is 4. The van der Waals surface area contributed by atoms with Crippen molar-refractivity contribution >= 4 is 40.1 Å². The fraction of sp³-hybridized carbons (Fsp3) is 0.393. The second-order valence-corrected chi connectivity index (χ2v) is 10.5. The zero-order valence-corrected chi connectivity index (χ0v) is 22.8. The molecule has 1 saturated heterocycles. The first-order valence-corrected chi connectivity index (χ1v) is 12.6. The molecule has 2 amide bonds. The van der Waals surface area contributed by atoms with E-state index < -0.39 is 11.7 Å². The molecule has 0 saturated carbocycles. The van der Waals surface area contributed by atoms with Crippen LogP contribution in [0.4, 0.5) is 4.39 Å². The molecule has 9 heteroatoms. The average Bonchev–Trinajstić information content (AvgIpc) is 3.09. The molecule has 1 aromatic heterocycles. The molecular weight excluding hydrogens is 495 g/mol. The topological polar surface area (TPSA) is 65.9 Å². The van der Waals surface area contributed by atoms with E-state index in [1.165, 1.54) is 31.1 Å². The molecule has 0 aliphatic carbocycles. The Balaban J connectivity index is 1.64. The Morgan fingerprint density at radius 3 is 2.32 bits per heavy atom. The van der Waals surface area contributed by atoms with Crippen LogP contribution in [0.25, 0.3) is 10.9 Å². The van der Waals surface area contributed by atoms with E-state index in [1.54, 1.807) is 43.1 Å². The number of rotatable bonds is 5. The monoisotopic (exact) mass is 526 g/mol. The highest BCUT2D eigenvalue weighted by Gasteiger charge is 2.34. The normalized spacial score (nSPS) is 18.3. The standard InChI is InChI=1S/C28H32ClFN4O3/c1-16-14-34(17(2)13-33(16)15-19-7-9-20(30)10-8-19)27(36)21-11-22-24(12-23(21)29)32(6)18(3)25(22)26(35)28(37)31(4)5/h7-12,16-17H,13-15H2,1-6H3/t16-,17-/m0/s1. The summed E-state index contributed by atoms with van der Waals surface area (Å²) in [5.41, 5.74) is 2.91. The van der Waals surface area contributed by atoms with Crippen LogP contribution < -0.4 is 0 Å². The van der Waals surface area contributed by atoms with Gasteiger partial charge in [-0.3, -0.25) is 19.3 Å². The molecule has 1 aliphatic heterocycles. The lowest BCUT2D eigenvalue weighted by Gasteiger charge is -2.44. The number of fused-ring (bicyclic) bond motifs is 1. The van der Waals surface area contributed by atoms with E-state index in [1.807, 2.05) is 11.5 Å². The maximum atomic E-state index is 13.8. The van der Waals surface area contributed by atoms with Crippen molar-refractivity contribution in [1.82, 2.24) is 19.3 Å². The van der Waals surface area contributed by atoms with Crippen LogP contribution in [0.15, 0.2) is 36.4 Å². The molecule has 0 radical (unpaired) electrons. The van der Waals surface area contributed by atoms with Crippen molar-refractivity contribution in [1.29, 1.82) is 0 Å². The molecule has 0 bridgehead atoms. The van der Waals surface area contributed by atoms with Crippen LogP contribution >= 0.6 is 11.6 Å². The predicted molar refractivity (Wildman–Crippen MR) is 142 cm³/mol. The third-order valence-electron chi connectivity index (χ3n) is 7.31. The Bertz CT molecular complexity index is 1380. The Morgan fingerprint density at radius 2 is 1.70 bits per heavy atom. The van der Waals surface area contributed by atoms with Gasteiger partial charge in [0.15, 0.2) is 0 Å². The number of aromatic nitrogens is 1. The van der Waals surface area contributed by atoms with Gasteiger partial charge >= 0.3 is 0 Å². The van der Waals surface area contributed by atoms with Crippen LogP contribution in [0, 0.1) is 12.7 Å². The second-order valence-electron chi connectivity index (χ2n) is 10.1. The number of ketones is 1. The number of Topliss-reactive ketones (excluding diaryl/α,β-unsaturated/α-hetero) is 1. The van der Waals surface area contributed by atoms with Gasteiger partial charge in [0.1, 0.15) is 5.82 Å². The lowest BCUT2D eigenvalue weighted by molar-refractivity contribution is -0.124. The van der Waals surface area contributed by atoms with E-state index in [0.29, 0.717) is 46.8 Å². The molecule has 0 N–H and O–H groups in total. The predicted octanol–water partition coefficient (Wildman–Crippen LogP) is 4.29. The lowest BCUT2D eigenvalue weighted by Crippen LogP contribution is -2.57. The van der Waals surface area contributed by atoms with Crippen molar-refractivity contribution in [2.75, 3.05) is 27.2 Å². The van der Waals surface area contributed by atoms with Gasteiger partial charge in [-0.25, -0.2) is 4.39 Å². The molecule has 4 rings (SSSR count). The zero-order chi connectivity index (χ0) is 27.2. The summed E-state index contributed by atoms with van der Waals surface area (Å²) in [6.45, 7) is 7.63. The minimum absolute atomic E-state index is 0.0709. The number of aryl methyl sites for hydroxylation is 1. The Morgan fingerprint density at radius 1 is 1.05 bits per heavy atom. The van der Waals surface area contributed by atoms with Crippen LogP contribution in [0.5, 0.6) is 0 Å². The van der Waals surface area contributed by atoms with Gasteiger partial charge in [0.25, 0.3) is 17.6 Å². The maximum absolute atomic E-state index is 13.8. The molecule has 1 aliphatic rings. The fourth-order valence-corrected chi connectivity index (χ4v) is 5.26. The lowest BCUT2D eigenvalue weighted by atomic mass is 10.0. The summed E-state index contributed by atoms with van der Waals surface area (Å²) < 4.78 is 15.1. The van der Waals surface area contributed by atoms with Gasteiger partial charge in [-0.2, -0.15) is 0 Å². The molecule has 0 unspecified atom stereocenters. The molecule has 2 atom stereocenters. The van der Waals surface area contributed by atoms with Crippen molar-refractivity contribution in [3.63, 3.8) is 0 Å². The number of piperazine rings is 1. The molecule has 0 spiro atoms. The summed E-state index contributed by atoms with van der Waals surface area (Å²) in [6, 6.07) is 9.78. The Hall–Kier alpha value is -3.23. The van der Waals surface area contributed by atoms with E-state index >= 15 is 0 Å². The quantitative estimate of drug-likeness (QED) is 0.367. The van der Waals surface area contributed by atoms with Crippen LogP contribution in [-0.2, 0) is 18.4 Å². The summed E-state index contributed by atoms with van der Waals surface area (Å²) in [5, 5.41) is 0.827. The van der Waals surface area contributed by atoms with E-state index in [2.05, 4.69) is 11.8 Å². The van der Waals surface area contributed by atoms with Crippen LogP contribution in [0.2, 0.25) is 5.02 Å². The van der Waals surface area contributed by atoms with Gasteiger partial charge in [0.2, 0.25) is 0 Å². The highest BCUT2D eigenvalue weighted by Crippen LogP contribution is 2.32. The van der Waals surface area contributed by atoms with Gasteiger partial charge in [-0.1, -0.05) is 23.7 Å². The minimum atomic E-state index is -0.627. The first-order valence-electron chi connectivity index (χ1n) is 12.2. The smallest absolute Gasteiger partial charge is 0.294 e. The molecular formula is C28H32ClFN4O3. The highest BCUT2D eigenvalue weighted by atomic mass is 35.5. The molecule has 196 valence electrons. The number of carbonyl (C=O) groups excluding carboxylic acids is 3. The summed E-state index contributed by atoms with van der Waals surface area (Å²) >= 11 is 6.61. The van der Waals surface area contributed by atoms with Crippen LogP contribution in [-0.4, -0.2) is 76.1 Å². The summed E-state index contributed by atoms with van der Waals surface area (Å²) in [6.07, 6.45) is 0. The molecule has 2 heterocycles. The number of benzene rings is 2. The van der Waals surface area contributed by atoms with E-state index in [4.69, 9.17) is 11.6 Å². The first-order chi connectivity index (χ1) is 17.4. The molecule has 3 aromatic rings. The number of nitrogens with zero attached hydrogens (tertiary/aromatic N) is 4. The van der Waals surface area contributed by atoms with Crippen molar-refractivity contribution in [2.45, 2.75) is 39.4 Å². The van der Waals surface area contributed by atoms with Crippen molar-refractivity contribution in [2.24, 2.45) is 7.05 Å². The van der Waals surface area contributed by atoms with E-state index in [9.17, 15) is 18.8 Å². The number of amides is 2. The van der Waals surface area contributed by atoms with Crippen molar-refractivity contribution in [3.05, 3.63) is 69.6 Å². The zero-order valence-electron chi connectivity index (χ0n) is 22.0. The SMILES string of the molecule is Cc1c(C(=O)C(=O)N(C)C)c2cc(C(=O)N3C[C@H](C)N(Cc4ccc(F)cc4)C[C@@H]3C)c(Cl)cc2n1C. The summed E-state index contributed by atoms with van der Waals surface area (Å²) in [4.78, 5) is 44.6. The first kappa shape index (κ1) is 26.8. The fourth-order valence-electron chi connectivity index (χ4n) is 5.02. The Kier molecular flexibility index (Phi) is 7.44. The largest absolute Gasteiger partial charge is 0.347 e. The van der Waals surface area contributed by atoms with E-state index in [0.717, 1.165) is 5.56 Å². The summed E-state index contributed by atoms with van der Waals surface area (Å²) in [5.74, 6) is -1.73. The van der Waals surface area contributed by atoms with Gasteiger partial charge in [-0.15, -0.1) is 0 Å². The second kappa shape index (κ2) is 10.3. The maximum Gasteiger partial charge on any atom is 0.294 e. The van der Waals surface area contributed by atoms with Crippen molar-refractivity contribution in [3.8, 4) is 0 Å². The number of halogens is 2. The summed E-state index contributed by atoms with van der Waals surface area (Å²) in [7, 11) is 4.87. The van der Waals surface area contributed by atoms with Gasteiger partial charge in [0.05, 0.1) is 21.7 Å². The minimum Gasteiger partial charge on any atom is -0.347 e. The van der Waals surface area contributed by atoms with Gasteiger partial charge in [0, 0.05) is 63.9 Å². The molecule has 2 aromatic carbocycles. The molecule has 37 heavy (non-hydrogen) atoms. The highest BCUT2D eigenvalue weighted by molar-refractivity contribution is 6.45. The molecule has 7 nitrogen and oxygen atoms in total.